The van der Waals surface area contributed by atoms with Crippen LogP contribution in [0.2, 0.25) is 0 Å². The van der Waals surface area contributed by atoms with Gasteiger partial charge in [0, 0.05) is 10.0 Å². The summed E-state index contributed by atoms with van der Waals surface area (Å²) in [7, 11) is 0. The molecule has 0 radical (unpaired) electrons. The van der Waals surface area contributed by atoms with E-state index in [4.69, 9.17) is 5.11 Å². The van der Waals surface area contributed by atoms with Crippen LogP contribution >= 0.6 is 31.9 Å². The summed E-state index contributed by atoms with van der Waals surface area (Å²) < 4.78 is 13.9. The van der Waals surface area contributed by atoms with Gasteiger partial charge in [-0.05, 0) is 52.3 Å². The fourth-order valence-corrected chi connectivity index (χ4v) is 2.37. The van der Waals surface area contributed by atoms with Crippen LogP contribution in [0.25, 0.3) is 0 Å². The lowest BCUT2D eigenvalue weighted by Gasteiger charge is -2.09. The zero-order valence-electron chi connectivity index (χ0n) is 10.4. The summed E-state index contributed by atoms with van der Waals surface area (Å²) in [6.07, 6.45) is 0. The molecule has 2 aromatic carbocycles. The fraction of sp³-hybridized carbons (Fsp3) is 0. The van der Waals surface area contributed by atoms with Gasteiger partial charge < -0.3 is 10.4 Å². The quantitative estimate of drug-likeness (QED) is 0.783. The zero-order chi connectivity index (χ0) is 15.6. The number of amides is 1. The number of benzene rings is 2. The van der Waals surface area contributed by atoms with Crippen LogP contribution in [0.4, 0.5) is 10.1 Å². The molecule has 1 amide bonds. The first-order valence-electron chi connectivity index (χ1n) is 5.67. The van der Waals surface area contributed by atoms with Crippen LogP contribution in [-0.4, -0.2) is 17.0 Å². The molecule has 0 spiro atoms. The molecule has 0 atom stereocenters. The van der Waals surface area contributed by atoms with Crippen molar-refractivity contribution in [2.45, 2.75) is 0 Å². The second-order valence-corrected chi connectivity index (χ2v) is 5.85. The molecule has 2 aromatic rings. The van der Waals surface area contributed by atoms with Crippen LogP contribution < -0.4 is 5.32 Å². The van der Waals surface area contributed by atoms with Gasteiger partial charge in [0.25, 0.3) is 5.91 Å². The number of hydrogen-bond acceptors (Lipinski definition) is 2. The Labute approximate surface area is 136 Å². The highest BCUT2D eigenvalue weighted by atomic mass is 79.9. The SMILES string of the molecule is O=C(Nc1ccc(Br)cc1C(=O)O)c1ccc(F)c(Br)c1. The van der Waals surface area contributed by atoms with Crippen LogP contribution in [0.3, 0.4) is 0 Å². The van der Waals surface area contributed by atoms with E-state index in [0.29, 0.717) is 4.47 Å². The summed E-state index contributed by atoms with van der Waals surface area (Å²) in [5.74, 6) is -2.17. The molecule has 2 rings (SSSR count). The summed E-state index contributed by atoms with van der Waals surface area (Å²) in [4.78, 5) is 23.2. The molecular weight excluding hydrogens is 409 g/mol. The third kappa shape index (κ3) is 3.68. The standard InChI is InChI=1S/C14H8Br2FNO3/c15-8-2-4-12(9(6-8)14(20)21)18-13(19)7-1-3-11(17)10(16)5-7/h1-6H,(H,18,19)(H,20,21). The molecule has 0 unspecified atom stereocenters. The summed E-state index contributed by atoms with van der Waals surface area (Å²) >= 11 is 6.16. The molecule has 0 aromatic heterocycles. The van der Waals surface area contributed by atoms with Gasteiger partial charge in [-0.1, -0.05) is 15.9 Å². The number of carbonyl (C=O) groups is 2. The van der Waals surface area contributed by atoms with Gasteiger partial charge in [0.15, 0.2) is 0 Å². The molecule has 0 aliphatic carbocycles. The molecule has 0 aliphatic rings. The molecule has 0 bridgehead atoms. The Hall–Kier alpha value is -1.73. The summed E-state index contributed by atoms with van der Waals surface area (Å²) in [5, 5.41) is 11.6. The van der Waals surface area contributed by atoms with E-state index in [9.17, 15) is 14.0 Å². The van der Waals surface area contributed by atoms with E-state index in [2.05, 4.69) is 37.2 Å². The summed E-state index contributed by atoms with van der Waals surface area (Å²) in [5.41, 5.74) is 0.331. The van der Waals surface area contributed by atoms with E-state index in [1.807, 2.05) is 0 Å². The van der Waals surface area contributed by atoms with Gasteiger partial charge in [0.2, 0.25) is 0 Å². The van der Waals surface area contributed by atoms with E-state index in [0.717, 1.165) is 6.07 Å². The summed E-state index contributed by atoms with van der Waals surface area (Å²) in [6.45, 7) is 0. The van der Waals surface area contributed by atoms with Crippen molar-refractivity contribution in [1.29, 1.82) is 0 Å². The minimum Gasteiger partial charge on any atom is -0.478 e. The van der Waals surface area contributed by atoms with Crippen molar-refractivity contribution in [2.24, 2.45) is 0 Å². The van der Waals surface area contributed by atoms with E-state index in [1.54, 1.807) is 6.07 Å². The first-order valence-corrected chi connectivity index (χ1v) is 7.26. The van der Waals surface area contributed by atoms with Crippen LogP contribution in [0.5, 0.6) is 0 Å². The number of halogens is 3. The molecular formula is C14H8Br2FNO3. The largest absolute Gasteiger partial charge is 0.478 e. The average Bonchev–Trinajstić information content (AvgIpc) is 2.43. The van der Waals surface area contributed by atoms with Gasteiger partial charge in [0.05, 0.1) is 15.7 Å². The monoisotopic (exact) mass is 415 g/mol. The van der Waals surface area contributed by atoms with Crippen LogP contribution in [0, 0.1) is 5.82 Å². The molecule has 0 fully saturated rings. The van der Waals surface area contributed by atoms with Crippen LogP contribution in [0.15, 0.2) is 45.3 Å². The van der Waals surface area contributed by atoms with Crippen molar-refractivity contribution in [3.8, 4) is 0 Å². The summed E-state index contributed by atoms with van der Waals surface area (Å²) in [6, 6.07) is 8.27. The van der Waals surface area contributed by atoms with Gasteiger partial charge in [-0.3, -0.25) is 4.79 Å². The molecule has 108 valence electrons. The van der Waals surface area contributed by atoms with Crippen molar-refractivity contribution in [3.63, 3.8) is 0 Å². The minimum atomic E-state index is -1.16. The number of anilines is 1. The van der Waals surface area contributed by atoms with Crippen molar-refractivity contribution < 1.29 is 19.1 Å². The number of nitrogens with one attached hydrogen (secondary N) is 1. The van der Waals surface area contributed by atoms with Gasteiger partial charge in [0.1, 0.15) is 5.82 Å². The van der Waals surface area contributed by atoms with Crippen molar-refractivity contribution in [2.75, 3.05) is 5.32 Å². The second-order valence-electron chi connectivity index (χ2n) is 4.08. The lowest BCUT2D eigenvalue weighted by atomic mass is 10.1. The molecule has 4 nitrogen and oxygen atoms in total. The number of carboxylic acid groups (broad SMARTS) is 1. The predicted octanol–water partition coefficient (Wildman–Crippen LogP) is 4.30. The van der Waals surface area contributed by atoms with E-state index < -0.39 is 17.7 Å². The topological polar surface area (TPSA) is 66.4 Å². The fourth-order valence-electron chi connectivity index (χ4n) is 1.63. The average molecular weight is 417 g/mol. The van der Waals surface area contributed by atoms with Crippen molar-refractivity contribution in [3.05, 3.63) is 62.3 Å². The van der Waals surface area contributed by atoms with Crippen molar-refractivity contribution in [1.82, 2.24) is 0 Å². The number of hydrogen-bond donors (Lipinski definition) is 2. The Morgan fingerprint density at radius 3 is 2.43 bits per heavy atom. The van der Waals surface area contributed by atoms with Crippen LogP contribution in [0.1, 0.15) is 20.7 Å². The number of carbonyl (C=O) groups excluding carboxylic acids is 1. The molecule has 0 saturated heterocycles. The maximum absolute atomic E-state index is 13.1. The second kappa shape index (κ2) is 6.36. The zero-order valence-corrected chi connectivity index (χ0v) is 13.5. The molecule has 21 heavy (non-hydrogen) atoms. The van der Waals surface area contributed by atoms with Crippen molar-refractivity contribution >= 4 is 49.4 Å². The Kier molecular flexibility index (Phi) is 4.74. The Bertz CT molecular complexity index is 734. The first kappa shape index (κ1) is 15.7. The Balaban J connectivity index is 2.31. The molecule has 2 N–H and O–H groups in total. The minimum absolute atomic E-state index is 0.0427. The highest BCUT2D eigenvalue weighted by Crippen LogP contribution is 2.23. The molecule has 0 aliphatic heterocycles. The van der Waals surface area contributed by atoms with Gasteiger partial charge in [-0.2, -0.15) is 0 Å². The van der Waals surface area contributed by atoms with Gasteiger partial charge in [-0.25, -0.2) is 9.18 Å². The third-order valence-electron chi connectivity index (χ3n) is 2.64. The normalized spacial score (nSPS) is 10.2. The van der Waals surface area contributed by atoms with Gasteiger partial charge >= 0.3 is 5.97 Å². The molecule has 7 heteroatoms. The maximum atomic E-state index is 13.1. The lowest BCUT2D eigenvalue weighted by Crippen LogP contribution is -2.15. The molecule has 0 heterocycles. The molecule has 0 saturated carbocycles. The maximum Gasteiger partial charge on any atom is 0.337 e. The smallest absolute Gasteiger partial charge is 0.337 e. The van der Waals surface area contributed by atoms with E-state index in [1.165, 1.54) is 24.3 Å². The van der Waals surface area contributed by atoms with Crippen LogP contribution in [-0.2, 0) is 0 Å². The number of aromatic carboxylic acids is 1. The third-order valence-corrected chi connectivity index (χ3v) is 3.74. The predicted molar refractivity (Wildman–Crippen MR) is 83.2 cm³/mol. The first-order chi connectivity index (χ1) is 9.88. The van der Waals surface area contributed by atoms with Gasteiger partial charge in [-0.15, -0.1) is 0 Å². The number of rotatable bonds is 3. The highest BCUT2D eigenvalue weighted by Gasteiger charge is 2.15. The Morgan fingerprint density at radius 1 is 1.10 bits per heavy atom. The van der Waals surface area contributed by atoms with E-state index >= 15 is 0 Å². The number of carboxylic acids is 1. The van der Waals surface area contributed by atoms with E-state index in [-0.39, 0.29) is 21.3 Å². The Morgan fingerprint density at radius 2 is 1.81 bits per heavy atom. The lowest BCUT2D eigenvalue weighted by molar-refractivity contribution is 0.0698. The highest BCUT2D eigenvalue weighted by molar-refractivity contribution is 9.10.